The van der Waals surface area contributed by atoms with Crippen LogP contribution in [0.2, 0.25) is 0 Å². The normalized spacial score (nSPS) is 14.6. The highest BCUT2D eigenvalue weighted by Gasteiger charge is 2.30. The van der Waals surface area contributed by atoms with Crippen LogP contribution in [0.25, 0.3) is 0 Å². The average molecular weight is 1500 g/mol. The fraction of sp³-hybridized carbons (Fsp3) is 0.671. The molecule has 0 fully saturated rings. The molecule has 0 aliphatic carbocycles. The minimum absolute atomic E-state index is 0.0567. The van der Waals surface area contributed by atoms with Gasteiger partial charge in [0.05, 0.1) is 26.4 Å². The van der Waals surface area contributed by atoms with Gasteiger partial charge in [0.25, 0.3) is 0 Å². The van der Waals surface area contributed by atoms with E-state index in [0.29, 0.717) is 25.7 Å². The minimum Gasteiger partial charge on any atom is -0.462 e. The van der Waals surface area contributed by atoms with Crippen LogP contribution in [-0.2, 0) is 65.4 Å². The van der Waals surface area contributed by atoms with E-state index in [-0.39, 0.29) is 25.7 Å². The average Bonchev–Trinajstić information content (AvgIpc) is 0.930. The lowest BCUT2D eigenvalue weighted by Crippen LogP contribution is -2.30. The van der Waals surface area contributed by atoms with Gasteiger partial charge >= 0.3 is 39.5 Å². The van der Waals surface area contributed by atoms with Crippen molar-refractivity contribution in [3.63, 3.8) is 0 Å². The Bertz CT molecular complexity index is 2540. The SMILES string of the molecule is CC/C=C\C/C=C\C/C=C\C/C=C\CCCCCCC(=O)OCC(COP(=O)(O)OCC(O)COP(=O)(O)OCC(COC(=O)CCCCCCCC/C=C\C/C=C\C/C=C\CCCCC)OC(=O)CCCCCCC/C=C\CCCC)OC(=O)CCCCCC/C=C\C/C=C\C/C=C\C/C=C\CC. The van der Waals surface area contributed by atoms with Crippen molar-refractivity contribution in [1.82, 2.24) is 0 Å². The Labute approximate surface area is 630 Å². The van der Waals surface area contributed by atoms with E-state index < -0.39 is 97.5 Å². The zero-order chi connectivity index (χ0) is 76.0. The maximum atomic E-state index is 13.1. The van der Waals surface area contributed by atoms with Gasteiger partial charge in [0.15, 0.2) is 12.2 Å². The highest BCUT2D eigenvalue weighted by atomic mass is 31.2. The van der Waals surface area contributed by atoms with Crippen molar-refractivity contribution in [2.45, 2.75) is 329 Å². The second-order valence-corrected chi connectivity index (χ2v) is 29.1. The molecule has 0 saturated heterocycles. The van der Waals surface area contributed by atoms with Gasteiger partial charge < -0.3 is 33.8 Å². The topological polar surface area (TPSA) is 237 Å². The van der Waals surface area contributed by atoms with Crippen LogP contribution in [0.1, 0.15) is 310 Å². The molecule has 104 heavy (non-hydrogen) atoms. The number of esters is 4. The molecule has 5 unspecified atom stereocenters. The largest absolute Gasteiger partial charge is 0.472 e. The van der Waals surface area contributed by atoms with Gasteiger partial charge in [-0.25, -0.2) is 9.13 Å². The van der Waals surface area contributed by atoms with Crippen LogP contribution in [-0.4, -0.2) is 96.7 Å². The number of carbonyl (C=O) groups is 4. The minimum atomic E-state index is -5.00. The number of hydrogen-bond acceptors (Lipinski definition) is 15. The summed E-state index contributed by atoms with van der Waals surface area (Å²) in [6.45, 7) is 4.50. The number of hydrogen-bond donors (Lipinski definition) is 3. The first kappa shape index (κ1) is 98.9. The number of phosphoric acid groups is 2. The number of aliphatic hydroxyl groups is 1. The highest BCUT2D eigenvalue weighted by molar-refractivity contribution is 7.47. The first-order valence-corrected chi connectivity index (χ1v) is 43.1. The number of allylic oxidation sites excluding steroid dienone is 24. The maximum Gasteiger partial charge on any atom is 0.472 e. The standard InChI is InChI=1S/C85H142O17P2/c1-5-9-13-17-21-25-29-32-35-38-39-42-44-47-51-54-58-62-66-70-82(87)95-75-80(101-84(89)71-67-63-59-55-49-28-24-20-16-12-8-4)77-99-103(91,92)97-73-79(86)74-98-104(93,94)100-78-81(102-85(90)72-68-64-60-56-52-48-45-41-37-34-31-27-23-19-15-11-7-3)76-96-83(88)69-65-61-57-53-50-46-43-40-36-33-30-26-22-18-14-10-6-2/h10-11,14-15,20-27,32-37,39,42-43,45-46,48,79-81,86H,5-9,12-13,16-19,28-31,38,40-41,44,47,49-78H2,1-4H3,(H,91,92)(H,93,94)/b14-10-,15-11-,24-20-,25-21-,26-22-,27-23-,35-32-,36-33-,37-34-,42-39-,46-43-,48-45-. The predicted molar refractivity (Wildman–Crippen MR) is 427 cm³/mol. The molecule has 0 aliphatic heterocycles. The molecule has 3 N–H and O–H groups in total. The molecular formula is C85H142O17P2. The van der Waals surface area contributed by atoms with Gasteiger partial charge in [-0.3, -0.25) is 37.3 Å². The zero-order valence-corrected chi connectivity index (χ0v) is 66.7. The van der Waals surface area contributed by atoms with Crippen molar-refractivity contribution in [2.75, 3.05) is 39.6 Å². The van der Waals surface area contributed by atoms with Crippen LogP contribution in [0.4, 0.5) is 0 Å². The van der Waals surface area contributed by atoms with Gasteiger partial charge in [0, 0.05) is 25.7 Å². The van der Waals surface area contributed by atoms with Crippen LogP contribution in [0, 0.1) is 0 Å². The van der Waals surface area contributed by atoms with Crippen molar-refractivity contribution >= 4 is 39.5 Å². The summed E-state index contributed by atoms with van der Waals surface area (Å²) in [5.74, 6) is -2.26. The Morgan fingerprint density at radius 3 is 0.808 bits per heavy atom. The van der Waals surface area contributed by atoms with Crippen LogP contribution < -0.4 is 0 Å². The number of ether oxygens (including phenoxy) is 4. The summed E-state index contributed by atoms with van der Waals surface area (Å²) >= 11 is 0. The van der Waals surface area contributed by atoms with E-state index >= 15 is 0 Å². The third-order valence-electron chi connectivity index (χ3n) is 16.3. The van der Waals surface area contributed by atoms with Gasteiger partial charge in [0.2, 0.25) is 0 Å². The fourth-order valence-corrected chi connectivity index (χ4v) is 11.8. The van der Waals surface area contributed by atoms with Crippen LogP contribution in [0.5, 0.6) is 0 Å². The Morgan fingerprint density at radius 2 is 0.510 bits per heavy atom. The van der Waals surface area contributed by atoms with E-state index in [1.165, 1.54) is 32.1 Å². The first-order valence-electron chi connectivity index (χ1n) is 40.1. The van der Waals surface area contributed by atoms with Gasteiger partial charge in [-0.2, -0.15) is 0 Å². The number of aliphatic hydroxyl groups excluding tert-OH is 1. The smallest absolute Gasteiger partial charge is 0.462 e. The predicted octanol–water partition coefficient (Wildman–Crippen LogP) is 23.4. The van der Waals surface area contributed by atoms with Crippen LogP contribution in [0.3, 0.4) is 0 Å². The van der Waals surface area contributed by atoms with Crippen LogP contribution >= 0.6 is 15.6 Å². The van der Waals surface area contributed by atoms with E-state index in [9.17, 15) is 43.2 Å². The van der Waals surface area contributed by atoms with Crippen LogP contribution in [0.15, 0.2) is 146 Å². The first-order chi connectivity index (χ1) is 50.7. The third-order valence-corrected chi connectivity index (χ3v) is 18.2. The molecule has 0 radical (unpaired) electrons. The summed E-state index contributed by atoms with van der Waals surface area (Å²) in [6.07, 6.45) is 86.8. The molecule has 17 nitrogen and oxygen atoms in total. The van der Waals surface area contributed by atoms with Gasteiger partial charge in [-0.15, -0.1) is 0 Å². The molecule has 5 atom stereocenters. The van der Waals surface area contributed by atoms with Crippen molar-refractivity contribution < 1.29 is 80.2 Å². The second-order valence-electron chi connectivity index (χ2n) is 26.2. The van der Waals surface area contributed by atoms with Crippen molar-refractivity contribution in [3.05, 3.63) is 146 Å². The van der Waals surface area contributed by atoms with Crippen molar-refractivity contribution in [2.24, 2.45) is 0 Å². The molecule has 19 heteroatoms. The molecule has 0 aromatic heterocycles. The summed E-state index contributed by atoms with van der Waals surface area (Å²) in [4.78, 5) is 73.0. The monoisotopic (exact) mass is 1500 g/mol. The van der Waals surface area contributed by atoms with Crippen molar-refractivity contribution in [3.8, 4) is 0 Å². The van der Waals surface area contributed by atoms with E-state index in [2.05, 4.69) is 174 Å². The maximum absolute atomic E-state index is 13.1. The molecule has 0 aromatic rings. The number of carbonyl (C=O) groups excluding carboxylic acids is 4. The van der Waals surface area contributed by atoms with E-state index in [1.54, 1.807) is 0 Å². The Hall–Kier alpha value is -5.06. The van der Waals surface area contributed by atoms with E-state index in [0.717, 1.165) is 199 Å². The molecule has 0 bridgehead atoms. The summed E-state index contributed by atoms with van der Waals surface area (Å²) in [5, 5.41) is 10.6. The number of rotatable bonds is 74. The molecule has 0 aromatic carbocycles. The Morgan fingerprint density at radius 1 is 0.279 bits per heavy atom. The van der Waals surface area contributed by atoms with Crippen molar-refractivity contribution in [1.29, 1.82) is 0 Å². The summed E-state index contributed by atoms with van der Waals surface area (Å²) in [7, 11) is -9.98. The quantitative estimate of drug-likeness (QED) is 0.0169. The molecular weight excluding hydrogens is 1350 g/mol. The summed E-state index contributed by atoms with van der Waals surface area (Å²) in [5.41, 5.74) is 0. The fourth-order valence-electron chi connectivity index (χ4n) is 10.2. The Kier molecular flexibility index (Phi) is 72.4. The molecule has 0 spiro atoms. The summed E-state index contributed by atoms with van der Waals surface area (Å²) < 4.78 is 68.5. The molecule has 0 aliphatic rings. The lowest BCUT2D eigenvalue weighted by Gasteiger charge is -2.21. The highest BCUT2D eigenvalue weighted by Crippen LogP contribution is 2.45. The Balaban J connectivity index is 5.39. The molecule has 0 saturated carbocycles. The third kappa shape index (κ3) is 75.2. The lowest BCUT2D eigenvalue weighted by atomic mass is 10.1. The van der Waals surface area contributed by atoms with Gasteiger partial charge in [0.1, 0.15) is 19.3 Å². The van der Waals surface area contributed by atoms with E-state index in [1.807, 2.05) is 0 Å². The van der Waals surface area contributed by atoms with Gasteiger partial charge in [-0.1, -0.05) is 270 Å². The molecule has 0 rings (SSSR count). The lowest BCUT2D eigenvalue weighted by molar-refractivity contribution is -0.161. The zero-order valence-electron chi connectivity index (χ0n) is 64.9. The summed E-state index contributed by atoms with van der Waals surface area (Å²) in [6, 6.07) is 0. The molecule has 594 valence electrons. The number of unbranched alkanes of at least 4 members (excludes halogenated alkanes) is 24. The van der Waals surface area contributed by atoms with E-state index in [4.69, 9.17) is 37.0 Å². The molecule has 0 amide bonds. The molecule has 0 heterocycles. The number of phosphoric ester groups is 2. The van der Waals surface area contributed by atoms with Gasteiger partial charge in [-0.05, 0) is 161 Å². The second kappa shape index (κ2) is 76.1.